The number of hydrogen-bond donors (Lipinski definition) is 1. The van der Waals surface area contributed by atoms with Crippen LogP contribution in [0.5, 0.6) is 0 Å². The molecule has 2 aromatic heterocycles. The fourth-order valence-corrected chi connectivity index (χ4v) is 2.29. The van der Waals surface area contributed by atoms with Gasteiger partial charge in [0.15, 0.2) is 5.82 Å². The van der Waals surface area contributed by atoms with Gasteiger partial charge in [0.1, 0.15) is 18.2 Å². The first-order chi connectivity index (χ1) is 9.92. The standard InChI is InChI=1S/C13H13N7/c1-2-4-9(5-3-1)11(20-8-14-18-19-20)13-15-12(16-17-13)10-6-7-10/h1-5,8,10-11H,6-7H2,(H,15,16,17). The van der Waals surface area contributed by atoms with E-state index < -0.39 is 0 Å². The summed E-state index contributed by atoms with van der Waals surface area (Å²) in [7, 11) is 0. The summed E-state index contributed by atoms with van der Waals surface area (Å²) in [6.07, 6.45) is 3.97. The van der Waals surface area contributed by atoms with Gasteiger partial charge in [-0.15, -0.1) is 5.10 Å². The van der Waals surface area contributed by atoms with E-state index in [1.54, 1.807) is 11.0 Å². The van der Waals surface area contributed by atoms with Crippen molar-refractivity contribution in [3.05, 3.63) is 53.9 Å². The normalized spacial score (nSPS) is 16.2. The van der Waals surface area contributed by atoms with Crippen molar-refractivity contribution < 1.29 is 0 Å². The number of benzene rings is 1. The molecule has 20 heavy (non-hydrogen) atoms. The van der Waals surface area contributed by atoms with Crippen molar-refractivity contribution in [1.82, 2.24) is 35.4 Å². The zero-order valence-corrected chi connectivity index (χ0v) is 10.7. The molecular weight excluding hydrogens is 254 g/mol. The van der Waals surface area contributed by atoms with Gasteiger partial charge in [-0.25, -0.2) is 9.67 Å². The number of rotatable bonds is 4. The molecule has 0 saturated heterocycles. The average Bonchev–Trinajstić information content (AvgIpc) is 3.01. The molecule has 7 heteroatoms. The Hall–Kier alpha value is -2.57. The summed E-state index contributed by atoms with van der Waals surface area (Å²) in [4.78, 5) is 4.62. The summed E-state index contributed by atoms with van der Waals surface area (Å²) < 4.78 is 1.68. The fraction of sp³-hybridized carbons (Fsp3) is 0.308. The van der Waals surface area contributed by atoms with Crippen LogP contribution >= 0.6 is 0 Å². The molecule has 4 rings (SSSR count). The highest BCUT2D eigenvalue weighted by molar-refractivity contribution is 5.25. The molecule has 2 heterocycles. The summed E-state index contributed by atoms with van der Waals surface area (Å²) in [5.41, 5.74) is 1.06. The molecule has 0 aliphatic heterocycles. The predicted molar refractivity (Wildman–Crippen MR) is 69.9 cm³/mol. The summed E-state index contributed by atoms with van der Waals surface area (Å²) in [6, 6.07) is 9.81. The predicted octanol–water partition coefficient (Wildman–Crippen LogP) is 1.31. The number of aromatic nitrogens is 7. The highest BCUT2D eigenvalue weighted by Gasteiger charge is 2.29. The van der Waals surface area contributed by atoms with Gasteiger partial charge in [-0.2, -0.15) is 5.10 Å². The van der Waals surface area contributed by atoms with Crippen LogP contribution in [0.25, 0.3) is 0 Å². The lowest BCUT2D eigenvalue weighted by molar-refractivity contribution is 0.547. The van der Waals surface area contributed by atoms with Gasteiger partial charge in [0.05, 0.1) is 0 Å². The van der Waals surface area contributed by atoms with Crippen LogP contribution in [0.1, 0.15) is 42.0 Å². The smallest absolute Gasteiger partial charge is 0.179 e. The molecule has 1 aliphatic rings. The minimum atomic E-state index is -0.199. The molecule has 1 N–H and O–H groups in total. The maximum absolute atomic E-state index is 4.62. The quantitative estimate of drug-likeness (QED) is 0.770. The summed E-state index contributed by atoms with van der Waals surface area (Å²) in [6.45, 7) is 0. The van der Waals surface area contributed by atoms with E-state index in [-0.39, 0.29) is 6.04 Å². The van der Waals surface area contributed by atoms with E-state index in [9.17, 15) is 0 Å². The average molecular weight is 267 g/mol. The summed E-state index contributed by atoms with van der Waals surface area (Å²) in [5, 5.41) is 18.8. The molecule has 100 valence electrons. The zero-order valence-electron chi connectivity index (χ0n) is 10.7. The van der Waals surface area contributed by atoms with Crippen LogP contribution in [0, 0.1) is 0 Å². The second-order valence-electron chi connectivity index (χ2n) is 4.96. The van der Waals surface area contributed by atoms with E-state index in [1.165, 1.54) is 12.8 Å². The topological polar surface area (TPSA) is 85.2 Å². The lowest BCUT2D eigenvalue weighted by atomic mass is 10.1. The number of aromatic amines is 1. The molecule has 0 amide bonds. The molecule has 1 fully saturated rings. The monoisotopic (exact) mass is 267 g/mol. The van der Waals surface area contributed by atoms with Crippen molar-refractivity contribution in [2.75, 3.05) is 0 Å². The lowest BCUT2D eigenvalue weighted by Gasteiger charge is -2.12. The Morgan fingerprint density at radius 1 is 1.20 bits per heavy atom. The Balaban J connectivity index is 1.77. The number of H-pyrrole nitrogens is 1. The van der Waals surface area contributed by atoms with E-state index in [0.717, 1.165) is 11.4 Å². The van der Waals surface area contributed by atoms with E-state index in [4.69, 9.17) is 0 Å². The number of nitrogens with one attached hydrogen (secondary N) is 1. The molecule has 1 atom stereocenters. The lowest BCUT2D eigenvalue weighted by Crippen LogP contribution is -2.15. The molecule has 1 aliphatic carbocycles. The second kappa shape index (κ2) is 4.52. The van der Waals surface area contributed by atoms with Gasteiger partial charge < -0.3 is 0 Å². The van der Waals surface area contributed by atoms with Crippen molar-refractivity contribution in [2.24, 2.45) is 0 Å². The zero-order chi connectivity index (χ0) is 13.4. The fourth-order valence-electron chi connectivity index (χ4n) is 2.29. The van der Waals surface area contributed by atoms with Crippen LogP contribution in [0.15, 0.2) is 36.7 Å². The van der Waals surface area contributed by atoms with Crippen LogP contribution in [0.3, 0.4) is 0 Å². The van der Waals surface area contributed by atoms with Gasteiger partial charge in [0, 0.05) is 5.92 Å². The second-order valence-corrected chi connectivity index (χ2v) is 4.96. The Morgan fingerprint density at radius 3 is 2.75 bits per heavy atom. The van der Waals surface area contributed by atoms with Crippen molar-refractivity contribution in [1.29, 1.82) is 0 Å². The van der Waals surface area contributed by atoms with E-state index in [2.05, 4.69) is 30.7 Å². The Morgan fingerprint density at radius 2 is 2.05 bits per heavy atom. The van der Waals surface area contributed by atoms with Crippen molar-refractivity contribution in [2.45, 2.75) is 24.8 Å². The highest BCUT2D eigenvalue weighted by atomic mass is 15.5. The third kappa shape index (κ3) is 1.97. The molecule has 3 aromatic rings. The van der Waals surface area contributed by atoms with Gasteiger partial charge in [-0.3, -0.25) is 5.10 Å². The van der Waals surface area contributed by atoms with Crippen LogP contribution in [0.2, 0.25) is 0 Å². The summed E-state index contributed by atoms with van der Waals surface area (Å²) >= 11 is 0. The number of hydrogen-bond acceptors (Lipinski definition) is 5. The molecule has 0 bridgehead atoms. The van der Waals surface area contributed by atoms with E-state index >= 15 is 0 Å². The van der Waals surface area contributed by atoms with Crippen molar-refractivity contribution in [3.8, 4) is 0 Å². The molecular formula is C13H13N7. The molecule has 1 aromatic carbocycles. The molecule has 1 unspecified atom stereocenters. The van der Waals surface area contributed by atoms with Gasteiger partial charge >= 0.3 is 0 Å². The Kier molecular flexibility index (Phi) is 2.55. The number of tetrazole rings is 1. The first-order valence-electron chi connectivity index (χ1n) is 6.61. The van der Waals surface area contributed by atoms with Crippen LogP contribution in [0.4, 0.5) is 0 Å². The third-order valence-electron chi connectivity index (χ3n) is 3.47. The van der Waals surface area contributed by atoms with E-state index in [1.807, 2.05) is 30.3 Å². The van der Waals surface area contributed by atoms with Crippen LogP contribution < -0.4 is 0 Å². The van der Waals surface area contributed by atoms with Crippen LogP contribution in [-0.4, -0.2) is 35.4 Å². The molecule has 7 nitrogen and oxygen atoms in total. The van der Waals surface area contributed by atoms with Gasteiger partial charge in [0.25, 0.3) is 0 Å². The Labute approximate surface area is 115 Å². The van der Waals surface area contributed by atoms with Crippen molar-refractivity contribution in [3.63, 3.8) is 0 Å². The minimum absolute atomic E-state index is 0.199. The van der Waals surface area contributed by atoms with Gasteiger partial charge in [-0.1, -0.05) is 30.3 Å². The van der Waals surface area contributed by atoms with E-state index in [0.29, 0.717) is 11.7 Å². The first-order valence-corrected chi connectivity index (χ1v) is 6.61. The molecule has 0 spiro atoms. The number of nitrogens with zero attached hydrogens (tertiary/aromatic N) is 6. The largest absolute Gasteiger partial charge is 0.263 e. The van der Waals surface area contributed by atoms with Gasteiger partial charge in [-0.05, 0) is 28.8 Å². The molecule has 1 saturated carbocycles. The van der Waals surface area contributed by atoms with Gasteiger partial charge in [0.2, 0.25) is 0 Å². The Bertz CT molecular complexity index is 685. The highest BCUT2D eigenvalue weighted by Crippen LogP contribution is 2.38. The minimum Gasteiger partial charge on any atom is -0.263 e. The maximum atomic E-state index is 4.62. The molecule has 0 radical (unpaired) electrons. The van der Waals surface area contributed by atoms with Crippen molar-refractivity contribution >= 4 is 0 Å². The third-order valence-corrected chi connectivity index (χ3v) is 3.47. The summed E-state index contributed by atoms with van der Waals surface area (Å²) in [5.74, 6) is 2.21. The van der Waals surface area contributed by atoms with Crippen LogP contribution in [-0.2, 0) is 0 Å². The SMILES string of the molecule is c1ccc(C(c2n[nH]c(C3CC3)n2)n2cnnn2)cc1. The first kappa shape index (κ1) is 11.3. The maximum Gasteiger partial charge on any atom is 0.179 e.